The molecule has 0 spiro atoms. The Morgan fingerprint density at radius 2 is 1.20 bits per heavy atom. The maximum absolute atomic E-state index is 8.66. The van der Waals surface area contributed by atoms with Crippen LogP contribution in [0, 0.1) is 5.41 Å². The fraction of sp³-hybridized carbons (Fsp3) is 1.00. The summed E-state index contributed by atoms with van der Waals surface area (Å²) < 4.78 is 0. The van der Waals surface area contributed by atoms with Crippen LogP contribution < -0.4 is 0 Å². The molecule has 0 aliphatic rings. The second-order valence-electron chi connectivity index (χ2n) is 3.35. The van der Waals surface area contributed by atoms with Gasteiger partial charge in [-0.15, -0.1) is 0 Å². The highest BCUT2D eigenvalue weighted by molar-refractivity contribution is 4.74. The molecule has 6 heteroatoms. The molecule has 0 aromatic carbocycles. The molecular weight excluding hydrogens is 204 g/mol. The molecule has 0 radical (unpaired) electrons. The molecule has 0 saturated heterocycles. The molecule has 0 unspecified atom stereocenters. The fourth-order valence-electron chi connectivity index (χ4n) is 0.543. The number of hydrogen-bond acceptors (Lipinski definition) is 6. The number of aliphatic hydroxyl groups is 6. The standard InChI is InChI=1S/C6H14O3.C3H8O3/c1-2-6(3-7,4-8)5-9;4-1-3(6)2-5/h7-9H,2-5H2,1H3;3-6H,1-2H2. The molecule has 0 aliphatic carbocycles. The third-order valence-electron chi connectivity index (χ3n) is 2.18. The quantitative estimate of drug-likeness (QED) is 0.303. The molecule has 0 bridgehead atoms. The van der Waals surface area contributed by atoms with Crippen LogP contribution in [-0.4, -0.2) is 69.8 Å². The van der Waals surface area contributed by atoms with Crippen LogP contribution in [0.3, 0.4) is 0 Å². The smallest absolute Gasteiger partial charge is 0.100 e. The lowest BCUT2D eigenvalue weighted by molar-refractivity contribution is 0.00304. The summed E-state index contributed by atoms with van der Waals surface area (Å²) in [5.74, 6) is 0. The molecule has 6 N–H and O–H groups in total. The van der Waals surface area contributed by atoms with Gasteiger partial charge < -0.3 is 30.6 Å². The fourth-order valence-corrected chi connectivity index (χ4v) is 0.543. The van der Waals surface area contributed by atoms with E-state index in [4.69, 9.17) is 30.6 Å². The monoisotopic (exact) mass is 226 g/mol. The van der Waals surface area contributed by atoms with E-state index < -0.39 is 11.5 Å². The predicted octanol–water partition coefficient (Wildman–Crippen LogP) is -2.31. The Labute approximate surface area is 89.4 Å². The summed E-state index contributed by atoms with van der Waals surface area (Å²) >= 11 is 0. The van der Waals surface area contributed by atoms with Crippen molar-refractivity contribution in [3.05, 3.63) is 0 Å². The summed E-state index contributed by atoms with van der Waals surface area (Å²) in [6.45, 7) is 0.624. The van der Waals surface area contributed by atoms with Gasteiger partial charge in [0.15, 0.2) is 0 Å². The van der Waals surface area contributed by atoms with Gasteiger partial charge in [-0.25, -0.2) is 0 Å². The predicted molar refractivity (Wildman–Crippen MR) is 54.2 cm³/mol. The average Bonchev–Trinajstić information content (AvgIpc) is 2.32. The van der Waals surface area contributed by atoms with Crippen molar-refractivity contribution in [3.63, 3.8) is 0 Å². The zero-order valence-corrected chi connectivity index (χ0v) is 9.00. The van der Waals surface area contributed by atoms with Gasteiger partial charge in [-0.05, 0) is 6.42 Å². The summed E-state index contributed by atoms with van der Waals surface area (Å²) in [4.78, 5) is 0. The Morgan fingerprint density at radius 3 is 1.20 bits per heavy atom. The molecule has 15 heavy (non-hydrogen) atoms. The number of aliphatic hydroxyl groups excluding tert-OH is 6. The van der Waals surface area contributed by atoms with E-state index in [0.717, 1.165) is 0 Å². The van der Waals surface area contributed by atoms with E-state index in [9.17, 15) is 0 Å². The van der Waals surface area contributed by atoms with Crippen molar-refractivity contribution in [2.45, 2.75) is 19.4 Å². The van der Waals surface area contributed by atoms with Crippen molar-refractivity contribution in [1.82, 2.24) is 0 Å². The molecule has 94 valence electrons. The zero-order chi connectivity index (χ0) is 12.3. The van der Waals surface area contributed by atoms with Crippen molar-refractivity contribution in [2.75, 3.05) is 33.0 Å². The molecule has 0 aromatic heterocycles. The highest BCUT2D eigenvalue weighted by Gasteiger charge is 2.24. The Kier molecular flexibility index (Phi) is 11.8. The Hall–Kier alpha value is -0.240. The van der Waals surface area contributed by atoms with Crippen LogP contribution in [0.2, 0.25) is 0 Å². The minimum absolute atomic E-state index is 0.156. The summed E-state index contributed by atoms with van der Waals surface area (Å²) in [6.07, 6.45) is -0.360. The van der Waals surface area contributed by atoms with Crippen LogP contribution in [0.4, 0.5) is 0 Å². The van der Waals surface area contributed by atoms with E-state index in [0.29, 0.717) is 6.42 Å². The first-order chi connectivity index (χ1) is 7.05. The lowest BCUT2D eigenvalue weighted by Gasteiger charge is -2.24. The third kappa shape index (κ3) is 7.66. The first kappa shape index (κ1) is 17.2. The molecule has 0 saturated carbocycles. The van der Waals surface area contributed by atoms with Crippen LogP contribution in [-0.2, 0) is 0 Å². The molecule has 0 amide bonds. The SMILES string of the molecule is CCC(CO)(CO)CO.OCC(O)CO. The lowest BCUT2D eigenvalue weighted by Crippen LogP contribution is -2.32. The van der Waals surface area contributed by atoms with E-state index in [1.807, 2.05) is 6.92 Å². The molecule has 0 aliphatic heterocycles. The summed E-state index contributed by atoms with van der Waals surface area (Å²) in [6, 6.07) is 0. The second-order valence-corrected chi connectivity index (χ2v) is 3.35. The van der Waals surface area contributed by atoms with Gasteiger partial charge in [-0.2, -0.15) is 0 Å². The molecule has 6 nitrogen and oxygen atoms in total. The highest BCUT2D eigenvalue weighted by atomic mass is 16.3. The Bertz CT molecular complexity index is 104. The summed E-state index contributed by atoms with van der Waals surface area (Å²) in [5.41, 5.74) is -0.667. The first-order valence-corrected chi connectivity index (χ1v) is 4.78. The normalized spacial score (nSPS) is 11.2. The van der Waals surface area contributed by atoms with Crippen molar-refractivity contribution in [1.29, 1.82) is 0 Å². The van der Waals surface area contributed by atoms with E-state index in [-0.39, 0.29) is 33.0 Å². The van der Waals surface area contributed by atoms with Gasteiger partial charge in [0, 0.05) is 5.41 Å². The maximum atomic E-state index is 8.66. The van der Waals surface area contributed by atoms with Crippen LogP contribution in [0.5, 0.6) is 0 Å². The van der Waals surface area contributed by atoms with Gasteiger partial charge in [-0.1, -0.05) is 6.92 Å². The Balaban J connectivity index is 0. The van der Waals surface area contributed by atoms with Crippen molar-refractivity contribution in [2.24, 2.45) is 5.41 Å². The third-order valence-corrected chi connectivity index (χ3v) is 2.18. The van der Waals surface area contributed by atoms with Crippen LogP contribution in [0.25, 0.3) is 0 Å². The van der Waals surface area contributed by atoms with Crippen LogP contribution in [0.15, 0.2) is 0 Å². The van der Waals surface area contributed by atoms with Crippen LogP contribution >= 0.6 is 0 Å². The van der Waals surface area contributed by atoms with Gasteiger partial charge >= 0.3 is 0 Å². The summed E-state index contributed by atoms with van der Waals surface area (Å²) in [5, 5.41) is 50.0. The number of hydrogen-bond donors (Lipinski definition) is 6. The van der Waals surface area contributed by atoms with Gasteiger partial charge in [0.05, 0.1) is 33.0 Å². The van der Waals surface area contributed by atoms with Gasteiger partial charge in [0.2, 0.25) is 0 Å². The molecule has 0 fully saturated rings. The van der Waals surface area contributed by atoms with Crippen molar-refractivity contribution in [3.8, 4) is 0 Å². The Morgan fingerprint density at radius 1 is 0.867 bits per heavy atom. The summed E-state index contributed by atoms with van der Waals surface area (Å²) in [7, 11) is 0. The molecule has 0 aromatic rings. The largest absolute Gasteiger partial charge is 0.396 e. The maximum Gasteiger partial charge on any atom is 0.100 e. The van der Waals surface area contributed by atoms with Crippen molar-refractivity contribution < 1.29 is 30.6 Å². The van der Waals surface area contributed by atoms with Gasteiger partial charge in [0.25, 0.3) is 0 Å². The van der Waals surface area contributed by atoms with Gasteiger partial charge in [-0.3, -0.25) is 0 Å². The van der Waals surface area contributed by atoms with E-state index in [2.05, 4.69) is 0 Å². The van der Waals surface area contributed by atoms with E-state index >= 15 is 0 Å². The first-order valence-electron chi connectivity index (χ1n) is 4.78. The van der Waals surface area contributed by atoms with Crippen molar-refractivity contribution >= 4 is 0 Å². The minimum atomic E-state index is -0.954. The van der Waals surface area contributed by atoms with Gasteiger partial charge in [0.1, 0.15) is 6.10 Å². The van der Waals surface area contributed by atoms with E-state index in [1.54, 1.807) is 0 Å². The molecule has 0 rings (SSSR count). The highest BCUT2D eigenvalue weighted by Crippen LogP contribution is 2.18. The average molecular weight is 226 g/mol. The topological polar surface area (TPSA) is 121 Å². The second kappa shape index (κ2) is 10.3. The lowest BCUT2D eigenvalue weighted by atomic mass is 9.88. The number of rotatable bonds is 6. The zero-order valence-electron chi connectivity index (χ0n) is 9.00. The molecular formula is C9H22O6. The minimum Gasteiger partial charge on any atom is -0.396 e. The molecule has 0 heterocycles. The van der Waals surface area contributed by atoms with Crippen LogP contribution in [0.1, 0.15) is 13.3 Å². The molecule has 0 atom stereocenters. The van der Waals surface area contributed by atoms with E-state index in [1.165, 1.54) is 0 Å².